The lowest BCUT2D eigenvalue weighted by atomic mass is 10.1. The second-order valence-corrected chi connectivity index (χ2v) is 5.00. The number of rotatable bonds is 3. The molecule has 1 atom stereocenters. The molecule has 0 aliphatic rings. The van der Waals surface area contributed by atoms with E-state index in [1.165, 1.54) is 6.07 Å². The Labute approximate surface area is 99.0 Å². The van der Waals surface area contributed by atoms with Crippen LogP contribution in [0.2, 0.25) is 0 Å². The predicted octanol–water partition coefficient (Wildman–Crippen LogP) is 4.96. The summed E-state index contributed by atoms with van der Waals surface area (Å²) in [5.41, 5.74) is 0.382. The Kier molecular flexibility index (Phi) is 4.51. The summed E-state index contributed by atoms with van der Waals surface area (Å²) in [5, 5.41) is 0. The normalized spacial score (nSPS) is 12.9. The Morgan fingerprint density at radius 2 is 1.93 bits per heavy atom. The predicted molar refractivity (Wildman–Crippen MR) is 60.6 cm³/mol. The minimum Gasteiger partial charge on any atom is -0.207 e. The quantitative estimate of drug-likeness (QED) is 0.543. The van der Waals surface area contributed by atoms with Crippen molar-refractivity contribution in [3.8, 4) is 0 Å². The van der Waals surface area contributed by atoms with Gasteiger partial charge in [0.1, 0.15) is 11.6 Å². The first-order chi connectivity index (χ1) is 6.56. The molecule has 0 bridgehead atoms. The summed E-state index contributed by atoms with van der Waals surface area (Å²) in [7, 11) is 0. The summed E-state index contributed by atoms with van der Waals surface area (Å²) in [5.74, 6) is -0.810. The average Bonchev–Trinajstić information content (AvgIpc) is 2.11. The fourth-order valence-electron chi connectivity index (χ4n) is 1.19. The molecule has 0 spiro atoms. The van der Waals surface area contributed by atoms with E-state index in [2.05, 4.69) is 31.9 Å². The van der Waals surface area contributed by atoms with Gasteiger partial charge in [0.15, 0.2) is 0 Å². The van der Waals surface area contributed by atoms with Crippen LogP contribution in [0.15, 0.2) is 16.6 Å². The van der Waals surface area contributed by atoms with Gasteiger partial charge in [0.25, 0.3) is 0 Å². The van der Waals surface area contributed by atoms with E-state index in [9.17, 15) is 8.78 Å². The SMILES string of the molecule is CCCC(Br)c1cc(F)c(Br)cc1F. The fourth-order valence-corrected chi connectivity index (χ4v) is 2.31. The fraction of sp³-hybridized carbons (Fsp3) is 0.400. The zero-order valence-corrected chi connectivity index (χ0v) is 10.8. The van der Waals surface area contributed by atoms with Crippen LogP contribution in [0.1, 0.15) is 30.2 Å². The summed E-state index contributed by atoms with van der Waals surface area (Å²) < 4.78 is 26.7. The molecule has 0 radical (unpaired) electrons. The van der Waals surface area contributed by atoms with Crippen LogP contribution in [-0.4, -0.2) is 0 Å². The average molecular weight is 328 g/mol. The molecule has 1 rings (SSSR count). The molecule has 0 saturated carbocycles. The Morgan fingerprint density at radius 1 is 1.29 bits per heavy atom. The Morgan fingerprint density at radius 3 is 2.50 bits per heavy atom. The molecular weight excluding hydrogens is 318 g/mol. The van der Waals surface area contributed by atoms with Gasteiger partial charge < -0.3 is 0 Å². The maximum atomic E-state index is 13.4. The lowest BCUT2D eigenvalue weighted by molar-refractivity contribution is 0.574. The summed E-state index contributed by atoms with van der Waals surface area (Å²) in [6.45, 7) is 2.00. The van der Waals surface area contributed by atoms with Crippen LogP contribution in [-0.2, 0) is 0 Å². The minimum absolute atomic E-state index is 0.116. The maximum absolute atomic E-state index is 13.4. The topological polar surface area (TPSA) is 0 Å². The highest BCUT2D eigenvalue weighted by Gasteiger charge is 2.14. The third-order valence-electron chi connectivity index (χ3n) is 1.92. The number of hydrogen-bond acceptors (Lipinski definition) is 0. The molecule has 0 heterocycles. The van der Waals surface area contributed by atoms with Gasteiger partial charge in [-0.2, -0.15) is 0 Å². The van der Waals surface area contributed by atoms with Crippen LogP contribution >= 0.6 is 31.9 Å². The smallest absolute Gasteiger partial charge is 0.137 e. The van der Waals surface area contributed by atoms with E-state index >= 15 is 0 Å². The molecule has 0 aliphatic heterocycles. The van der Waals surface area contributed by atoms with Crippen LogP contribution in [0.25, 0.3) is 0 Å². The monoisotopic (exact) mass is 326 g/mol. The number of alkyl halides is 1. The third-order valence-corrected chi connectivity index (χ3v) is 3.48. The van der Waals surface area contributed by atoms with Crippen molar-refractivity contribution < 1.29 is 8.78 Å². The molecule has 1 aromatic rings. The summed E-state index contributed by atoms with van der Waals surface area (Å²) in [6, 6.07) is 2.39. The van der Waals surface area contributed by atoms with E-state index in [-0.39, 0.29) is 15.1 Å². The Hall–Kier alpha value is 0.0400. The van der Waals surface area contributed by atoms with Gasteiger partial charge >= 0.3 is 0 Å². The Bertz CT molecular complexity index is 326. The molecule has 0 amide bonds. The standard InChI is InChI=1S/C10H10Br2F2/c1-2-3-7(11)6-4-10(14)8(12)5-9(6)13/h4-5,7H,2-3H2,1H3. The zero-order valence-electron chi connectivity index (χ0n) is 7.66. The maximum Gasteiger partial charge on any atom is 0.137 e. The van der Waals surface area contributed by atoms with Crippen molar-refractivity contribution in [1.82, 2.24) is 0 Å². The lowest BCUT2D eigenvalue weighted by Gasteiger charge is -2.10. The van der Waals surface area contributed by atoms with Crippen molar-refractivity contribution in [3.05, 3.63) is 33.8 Å². The molecule has 1 aromatic carbocycles. The summed E-state index contributed by atoms with van der Waals surface area (Å²) in [6.07, 6.45) is 1.71. The van der Waals surface area contributed by atoms with Gasteiger partial charge in [0, 0.05) is 10.4 Å². The summed E-state index contributed by atoms with van der Waals surface area (Å²) >= 11 is 6.27. The van der Waals surface area contributed by atoms with Crippen molar-refractivity contribution in [2.75, 3.05) is 0 Å². The zero-order chi connectivity index (χ0) is 10.7. The molecule has 14 heavy (non-hydrogen) atoms. The highest BCUT2D eigenvalue weighted by atomic mass is 79.9. The van der Waals surface area contributed by atoms with E-state index in [0.29, 0.717) is 5.56 Å². The molecule has 1 unspecified atom stereocenters. The van der Waals surface area contributed by atoms with Crippen molar-refractivity contribution in [2.24, 2.45) is 0 Å². The molecule has 78 valence electrons. The van der Waals surface area contributed by atoms with Crippen molar-refractivity contribution in [1.29, 1.82) is 0 Å². The first-order valence-corrected chi connectivity index (χ1v) is 6.05. The third kappa shape index (κ3) is 2.76. The first kappa shape index (κ1) is 12.1. The van der Waals surface area contributed by atoms with E-state index < -0.39 is 5.82 Å². The first-order valence-electron chi connectivity index (χ1n) is 4.34. The molecule has 0 aromatic heterocycles. The molecular formula is C10H10Br2F2. The van der Waals surface area contributed by atoms with E-state index in [4.69, 9.17) is 0 Å². The number of halogens is 4. The summed E-state index contributed by atoms with van der Waals surface area (Å²) in [4.78, 5) is -0.116. The second-order valence-electron chi connectivity index (χ2n) is 3.04. The van der Waals surface area contributed by atoms with Gasteiger partial charge in [0.05, 0.1) is 4.47 Å². The second kappa shape index (κ2) is 5.21. The van der Waals surface area contributed by atoms with Crippen LogP contribution in [0.5, 0.6) is 0 Å². The van der Waals surface area contributed by atoms with Crippen LogP contribution in [0.3, 0.4) is 0 Å². The van der Waals surface area contributed by atoms with Gasteiger partial charge in [-0.05, 0) is 34.5 Å². The van der Waals surface area contributed by atoms with E-state index in [0.717, 1.165) is 18.9 Å². The largest absolute Gasteiger partial charge is 0.207 e. The number of hydrogen-bond donors (Lipinski definition) is 0. The van der Waals surface area contributed by atoms with Crippen LogP contribution in [0, 0.1) is 11.6 Å². The molecule has 0 N–H and O–H groups in total. The molecule has 4 heteroatoms. The van der Waals surface area contributed by atoms with Crippen molar-refractivity contribution >= 4 is 31.9 Å². The molecule has 0 fully saturated rings. The van der Waals surface area contributed by atoms with Crippen molar-refractivity contribution in [3.63, 3.8) is 0 Å². The van der Waals surface area contributed by atoms with Gasteiger partial charge in [-0.15, -0.1) is 0 Å². The Balaban J connectivity index is 3.02. The molecule has 0 nitrogen and oxygen atoms in total. The van der Waals surface area contributed by atoms with Gasteiger partial charge in [-0.1, -0.05) is 29.3 Å². The van der Waals surface area contributed by atoms with Gasteiger partial charge in [0.2, 0.25) is 0 Å². The van der Waals surface area contributed by atoms with E-state index in [1.807, 2.05) is 6.92 Å². The molecule has 0 aliphatic carbocycles. The highest BCUT2D eigenvalue weighted by molar-refractivity contribution is 9.10. The lowest BCUT2D eigenvalue weighted by Crippen LogP contribution is -1.96. The van der Waals surface area contributed by atoms with Crippen LogP contribution in [0.4, 0.5) is 8.78 Å². The van der Waals surface area contributed by atoms with E-state index in [1.54, 1.807) is 0 Å². The van der Waals surface area contributed by atoms with Crippen LogP contribution < -0.4 is 0 Å². The number of benzene rings is 1. The molecule has 0 saturated heterocycles. The van der Waals surface area contributed by atoms with Crippen molar-refractivity contribution in [2.45, 2.75) is 24.6 Å². The minimum atomic E-state index is -0.429. The van der Waals surface area contributed by atoms with Gasteiger partial charge in [-0.3, -0.25) is 0 Å². The van der Waals surface area contributed by atoms with Gasteiger partial charge in [-0.25, -0.2) is 8.78 Å². The highest BCUT2D eigenvalue weighted by Crippen LogP contribution is 2.32.